The van der Waals surface area contributed by atoms with Crippen LogP contribution in [0.4, 0.5) is 4.39 Å². The lowest BCUT2D eigenvalue weighted by atomic mass is 10.2. The molecule has 1 atom stereocenters. The van der Waals surface area contributed by atoms with Gasteiger partial charge in [0.1, 0.15) is 6.04 Å². The minimum absolute atomic E-state index is 0.149. The SMILES string of the molecule is COc1cccc(CN[C@@H](C)C(=O)O)c1F. The molecule has 0 aromatic heterocycles. The van der Waals surface area contributed by atoms with Crippen molar-refractivity contribution >= 4 is 5.97 Å². The van der Waals surface area contributed by atoms with Crippen molar-refractivity contribution in [1.29, 1.82) is 0 Å². The fourth-order valence-corrected chi connectivity index (χ4v) is 1.20. The van der Waals surface area contributed by atoms with Crippen LogP contribution < -0.4 is 10.1 Å². The van der Waals surface area contributed by atoms with E-state index in [1.54, 1.807) is 12.1 Å². The molecule has 1 rings (SSSR count). The van der Waals surface area contributed by atoms with Gasteiger partial charge in [-0.3, -0.25) is 4.79 Å². The van der Waals surface area contributed by atoms with Gasteiger partial charge in [0.25, 0.3) is 0 Å². The molecule has 0 radical (unpaired) electrons. The largest absolute Gasteiger partial charge is 0.494 e. The second-order valence-corrected chi connectivity index (χ2v) is 3.37. The van der Waals surface area contributed by atoms with Crippen LogP contribution in [0.25, 0.3) is 0 Å². The van der Waals surface area contributed by atoms with Gasteiger partial charge in [0.15, 0.2) is 11.6 Å². The topological polar surface area (TPSA) is 58.6 Å². The molecule has 0 aliphatic carbocycles. The summed E-state index contributed by atoms with van der Waals surface area (Å²) in [6, 6.07) is 4.04. The molecule has 0 amide bonds. The normalized spacial score (nSPS) is 12.2. The summed E-state index contributed by atoms with van der Waals surface area (Å²) in [5.74, 6) is -1.28. The number of hydrogen-bond acceptors (Lipinski definition) is 3. The zero-order chi connectivity index (χ0) is 12.1. The van der Waals surface area contributed by atoms with Crippen molar-refractivity contribution in [3.63, 3.8) is 0 Å². The van der Waals surface area contributed by atoms with Crippen molar-refractivity contribution in [3.05, 3.63) is 29.6 Å². The molecular weight excluding hydrogens is 213 g/mol. The lowest BCUT2D eigenvalue weighted by molar-refractivity contribution is -0.139. The van der Waals surface area contributed by atoms with Crippen molar-refractivity contribution in [2.75, 3.05) is 7.11 Å². The molecule has 1 aromatic rings. The van der Waals surface area contributed by atoms with Gasteiger partial charge in [-0.25, -0.2) is 4.39 Å². The van der Waals surface area contributed by atoms with Gasteiger partial charge in [-0.1, -0.05) is 12.1 Å². The van der Waals surface area contributed by atoms with E-state index in [-0.39, 0.29) is 12.3 Å². The Hall–Kier alpha value is -1.62. The van der Waals surface area contributed by atoms with Crippen molar-refractivity contribution in [1.82, 2.24) is 5.32 Å². The second kappa shape index (κ2) is 5.46. The fourth-order valence-electron chi connectivity index (χ4n) is 1.20. The number of hydrogen-bond donors (Lipinski definition) is 2. The Morgan fingerprint density at radius 3 is 2.88 bits per heavy atom. The van der Waals surface area contributed by atoms with E-state index in [0.29, 0.717) is 5.56 Å². The molecule has 0 unspecified atom stereocenters. The molecule has 0 spiro atoms. The van der Waals surface area contributed by atoms with Gasteiger partial charge in [-0.15, -0.1) is 0 Å². The first-order valence-electron chi connectivity index (χ1n) is 4.83. The zero-order valence-corrected chi connectivity index (χ0v) is 9.16. The highest BCUT2D eigenvalue weighted by Gasteiger charge is 2.12. The van der Waals surface area contributed by atoms with Crippen LogP contribution in [0, 0.1) is 5.82 Å². The molecule has 0 saturated carbocycles. The first kappa shape index (κ1) is 12.4. The highest BCUT2D eigenvalue weighted by molar-refractivity contribution is 5.72. The molecule has 88 valence electrons. The Kier molecular flexibility index (Phi) is 4.25. The third-order valence-electron chi connectivity index (χ3n) is 2.23. The number of carbonyl (C=O) groups is 1. The lowest BCUT2D eigenvalue weighted by Crippen LogP contribution is -2.33. The summed E-state index contributed by atoms with van der Waals surface area (Å²) in [5.41, 5.74) is 0.382. The zero-order valence-electron chi connectivity index (χ0n) is 9.16. The molecule has 4 nitrogen and oxygen atoms in total. The predicted molar refractivity (Wildman–Crippen MR) is 56.9 cm³/mol. The highest BCUT2D eigenvalue weighted by atomic mass is 19.1. The van der Waals surface area contributed by atoms with Gasteiger partial charge in [-0.05, 0) is 13.0 Å². The summed E-state index contributed by atoms with van der Waals surface area (Å²) in [5, 5.41) is 11.3. The Labute approximate surface area is 93.0 Å². The third kappa shape index (κ3) is 2.93. The number of carboxylic acids is 1. The second-order valence-electron chi connectivity index (χ2n) is 3.37. The first-order chi connectivity index (χ1) is 7.56. The van der Waals surface area contributed by atoms with Gasteiger partial charge in [0.05, 0.1) is 7.11 Å². The fraction of sp³-hybridized carbons (Fsp3) is 0.364. The molecule has 1 aromatic carbocycles. The number of aliphatic carboxylic acids is 1. The molecule has 0 heterocycles. The van der Waals surface area contributed by atoms with Crippen LogP contribution in [-0.2, 0) is 11.3 Å². The minimum atomic E-state index is -0.969. The molecule has 0 aliphatic rings. The van der Waals surface area contributed by atoms with Gasteiger partial charge in [0.2, 0.25) is 0 Å². The monoisotopic (exact) mass is 227 g/mol. The van der Waals surface area contributed by atoms with Crippen LogP contribution in [0.3, 0.4) is 0 Å². The quantitative estimate of drug-likeness (QED) is 0.798. The van der Waals surface area contributed by atoms with E-state index in [1.807, 2.05) is 0 Å². The summed E-state index contributed by atoms with van der Waals surface area (Å²) >= 11 is 0. The molecular formula is C11H14FNO3. The van der Waals surface area contributed by atoms with Gasteiger partial charge < -0.3 is 15.2 Å². The average Bonchev–Trinajstić information content (AvgIpc) is 2.27. The third-order valence-corrected chi connectivity index (χ3v) is 2.23. The summed E-state index contributed by atoms with van der Waals surface area (Å²) in [6.45, 7) is 1.65. The average molecular weight is 227 g/mol. The van der Waals surface area contributed by atoms with E-state index in [4.69, 9.17) is 9.84 Å². The minimum Gasteiger partial charge on any atom is -0.494 e. The number of benzene rings is 1. The Balaban J connectivity index is 2.71. The van der Waals surface area contributed by atoms with E-state index < -0.39 is 17.8 Å². The van der Waals surface area contributed by atoms with Crippen LogP contribution >= 0.6 is 0 Å². The summed E-state index contributed by atoms with van der Waals surface area (Å²) in [4.78, 5) is 10.5. The van der Waals surface area contributed by atoms with Crippen LogP contribution in [0.15, 0.2) is 18.2 Å². The molecule has 16 heavy (non-hydrogen) atoms. The van der Waals surface area contributed by atoms with E-state index in [9.17, 15) is 9.18 Å². The van der Waals surface area contributed by atoms with Gasteiger partial charge >= 0.3 is 5.97 Å². The van der Waals surface area contributed by atoms with Crippen LogP contribution in [0.5, 0.6) is 5.75 Å². The summed E-state index contributed by atoms with van der Waals surface area (Å²) < 4.78 is 18.4. The molecule has 0 saturated heterocycles. The van der Waals surface area contributed by atoms with Gasteiger partial charge in [-0.2, -0.15) is 0 Å². The van der Waals surface area contributed by atoms with Crippen molar-refractivity contribution < 1.29 is 19.0 Å². The lowest BCUT2D eigenvalue weighted by Gasteiger charge is -2.11. The number of ether oxygens (including phenoxy) is 1. The Morgan fingerprint density at radius 1 is 1.62 bits per heavy atom. The predicted octanol–water partition coefficient (Wildman–Crippen LogP) is 1.40. The highest BCUT2D eigenvalue weighted by Crippen LogP contribution is 2.19. The van der Waals surface area contributed by atoms with E-state index in [2.05, 4.69) is 5.32 Å². The molecule has 0 bridgehead atoms. The maximum atomic E-state index is 13.6. The maximum absolute atomic E-state index is 13.6. The number of methoxy groups -OCH3 is 1. The number of halogens is 1. The standard InChI is InChI=1S/C11H14FNO3/c1-7(11(14)15)13-6-8-4-3-5-9(16-2)10(8)12/h3-5,7,13H,6H2,1-2H3,(H,14,15)/t7-/m0/s1. The molecule has 0 aliphatic heterocycles. The van der Waals surface area contributed by atoms with E-state index >= 15 is 0 Å². The van der Waals surface area contributed by atoms with Crippen LogP contribution in [-0.4, -0.2) is 24.2 Å². The molecule has 0 fully saturated rings. The Bertz CT molecular complexity index is 381. The number of rotatable bonds is 5. The molecule has 2 N–H and O–H groups in total. The van der Waals surface area contributed by atoms with E-state index in [0.717, 1.165) is 0 Å². The van der Waals surface area contributed by atoms with Crippen LogP contribution in [0.1, 0.15) is 12.5 Å². The van der Waals surface area contributed by atoms with E-state index in [1.165, 1.54) is 20.1 Å². The van der Waals surface area contributed by atoms with Crippen molar-refractivity contribution in [2.24, 2.45) is 0 Å². The van der Waals surface area contributed by atoms with Gasteiger partial charge in [0, 0.05) is 12.1 Å². The number of carboxylic acid groups (broad SMARTS) is 1. The summed E-state index contributed by atoms with van der Waals surface area (Å²) in [7, 11) is 1.38. The maximum Gasteiger partial charge on any atom is 0.320 e. The smallest absolute Gasteiger partial charge is 0.320 e. The van der Waals surface area contributed by atoms with Crippen molar-refractivity contribution in [2.45, 2.75) is 19.5 Å². The van der Waals surface area contributed by atoms with Crippen LogP contribution in [0.2, 0.25) is 0 Å². The first-order valence-corrected chi connectivity index (χ1v) is 4.83. The van der Waals surface area contributed by atoms with Crippen molar-refractivity contribution in [3.8, 4) is 5.75 Å². The molecule has 5 heteroatoms. The number of nitrogens with one attached hydrogen (secondary N) is 1. The Morgan fingerprint density at radius 2 is 2.31 bits per heavy atom. The summed E-state index contributed by atoms with van der Waals surface area (Å²) in [6.07, 6.45) is 0.